The highest BCUT2D eigenvalue weighted by atomic mass is 17.1. The van der Waals surface area contributed by atoms with Crippen LogP contribution in [0.1, 0.15) is 104 Å². The fourth-order valence-electron chi connectivity index (χ4n) is 5.90. The van der Waals surface area contributed by atoms with Gasteiger partial charge in [-0.2, -0.15) is 0 Å². The minimum absolute atomic E-state index is 0.112. The molecule has 2 fully saturated rings. The normalized spacial score (nSPS) is 27.9. The van der Waals surface area contributed by atoms with Crippen LogP contribution in [0.15, 0.2) is 12.2 Å². The molecule has 5 atom stereocenters. The number of allylic oxidation sites excluding steroid dienone is 2. The third-order valence-electron chi connectivity index (χ3n) is 8.08. The minimum atomic E-state index is -0.470. The molecule has 0 bridgehead atoms. The molecule has 200 valence electrons. The molecule has 1 saturated carbocycles. The topological polar surface area (TPSA) is 88.4 Å². The maximum Gasteiger partial charge on any atom is 0.168 e. The Kier molecular flexibility index (Phi) is 14.2. The summed E-state index contributed by atoms with van der Waals surface area (Å²) in [5, 5.41) is 29.7. The number of rotatable bonds is 18. The molecular formula is C28H52O6. The van der Waals surface area contributed by atoms with Gasteiger partial charge in [0, 0.05) is 19.4 Å². The van der Waals surface area contributed by atoms with Gasteiger partial charge in [0.25, 0.3) is 0 Å². The summed E-state index contributed by atoms with van der Waals surface area (Å²) in [7, 11) is 0. The van der Waals surface area contributed by atoms with E-state index < -0.39 is 5.79 Å². The third-order valence-corrected chi connectivity index (χ3v) is 8.08. The zero-order chi connectivity index (χ0) is 24.8. The Labute approximate surface area is 208 Å². The average molecular weight is 485 g/mol. The Balaban J connectivity index is 1.84. The van der Waals surface area contributed by atoms with Crippen molar-refractivity contribution in [2.24, 2.45) is 23.7 Å². The van der Waals surface area contributed by atoms with Gasteiger partial charge in [-0.15, -0.1) is 0 Å². The summed E-state index contributed by atoms with van der Waals surface area (Å²) in [4.78, 5) is 4.57. The van der Waals surface area contributed by atoms with Crippen LogP contribution in [0.3, 0.4) is 0 Å². The first-order valence-electron chi connectivity index (χ1n) is 14.0. The maximum absolute atomic E-state index is 10.8. The van der Waals surface area contributed by atoms with E-state index in [1.165, 1.54) is 25.7 Å². The molecule has 0 aromatic carbocycles. The second kappa shape index (κ2) is 16.3. The van der Waals surface area contributed by atoms with E-state index in [2.05, 4.69) is 24.0 Å². The van der Waals surface area contributed by atoms with Crippen LogP contribution < -0.4 is 0 Å². The minimum Gasteiger partial charge on any atom is -0.396 e. The zero-order valence-electron chi connectivity index (χ0n) is 22.0. The lowest BCUT2D eigenvalue weighted by Crippen LogP contribution is -2.32. The van der Waals surface area contributed by atoms with E-state index >= 15 is 0 Å². The summed E-state index contributed by atoms with van der Waals surface area (Å²) >= 11 is 0. The van der Waals surface area contributed by atoms with Gasteiger partial charge in [0.1, 0.15) is 0 Å². The largest absolute Gasteiger partial charge is 0.396 e. The standard InChI is InChI=1S/C28H52O6/c1-4-5-6-9-12-16-28(32-18-19-33-28)17-15-24-23(21-29)20-26(30)25(24)13-10-7-8-11-14-27(34-31)22(2)3/h7,10,22-27,29-31H,4-6,8-9,11-21H2,1-3H3/t23-,24-,25+,26-,27?/m0/s1. The monoisotopic (exact) mass is 484 g/mol. The van der Waals surface area contributed by atoms with Crippen LogP contribution in [0.5, 0.6) is 0 Å². The Morgan fingerprint density at radius 2 is 1.74 bits per heavy atom. The van der Waals surface area contributed by atoms with E-state index in [0.29, 0.717) is 25.6 Å². The molecule has 1 aliphatic carbocycles. The summed E-state index contributed by atoms with van der Waals surface area (Å²) in [5.41, 5.74) is 0. The molecule has 0 amide bonds. The maximum atomic E-state index is 10.8. The van der Waals surface area contributed by atoms with Crippen molar-refractivity contribution in [2.75, 3.05) is 19.8 Å². The molecule has 6 heteroatoms. The van der Waals surface area contributed by atoms with E-state index in [9.17, 15) is 10.2 Å². The molecule has 0 radical (unpaired) electrons. The quantitative estimate of drug-likeness (QED) is 0.0942. The van der Waals surface area contributed by atoms with Gasteiger partial charge in [0.2, 0.25) is 0 Å². The van der Waals surface area contributed by atoms with E-state index in [-0.39, 0.29) is 36.6 Å². The van der Waals surface area contributed by atoms with Crippen LogP contribution in [-0.4, -0.2) is 53.3 Å². The molecule has 0 spiro atoms. The first kappa shape index (κ1) is 29.7. The molecule has 1 heterocycles. The van der Waals surface area contributed by atoms with Crippen LogP contribution in [0.4, 0.5) is 0 Å². The summed E-state index contributed by atoms with van der Waals surface area (Å²) in [5.74, 6) is 0.418. The lowest BCUT2D eigenvalue weighted by atomic mass is 9.82. The first-order valence-corrected chi connectivity index (χ1v) is 14.0. The van der Waals surface area contributed by atoms with Crippen molar-refractivity contribution in [2.45, 2.75) is 122 Å². The molecular weight excluding hydrogens is 432 g/mol. The SMILES string of the molecule is CCCCCCCC1(CC[C@H]2[C@H](CO)C[C@H](O)[C@@H]2CC=CCCCC(OO)C(C)C)OCCO1. The second-order valence-corrected chi connectivity index (χ2v) is 10.9. The number of hydrogen-bond donors (Lipinski definition) is 3. The van der Waals surface area contributed by atoms with Crippen molar-refractivity contribution < 1.29 is 29.8 Å². The first-order chi connectivity index (χ1) is 16.5. The molecule has 1 saturated heterocycles. The summed E-state index contributed by atoms with van der Waals surface area (Å²) in [6.07, 6.45) is 17.0. The van der Waals surface area contributed by atoms with Crippen LogP contribution in [0.25, 0.3) is 0 Å². The fraction of sp³-hybridized carbons (Fsp3) is 0.929. The van der Waals surface area contributed by atoms with E-state index in [1.54, 1.807) is 0 Å². The highest BCUT2D eigenvalue weighted by Gasteiger charge is 2.44. The molecule has 34 heavy (non-hydrogen) atoms. The second-order valence-electron chi connectivity index (χ2n) is 10.9. The van der Waals surface area contributed by atoms with Gasteiger partial charge in [-0.1, -0.05) is 58.6 Å². The van der Waals surface area contributed by atoms with Crippen molar-refractivity contribution in [1.82, 2.24) is 0 Å². The van der Waals surface area contributed by atoms with Crippen LogP contribution in [-0.2, 0) is 14.4 Å². The molecule has 0 aromatic rings. The molecule has 1 unspecified atom stereocenters. The van der Waals surface area contributed by atoms with Gasteiger partial charge >= 0.3 is 0 Å². The summed E-state index contributed by atoms with van der Waals surface area (Å²) in [6.45, 7) is 7.79. The predicted molar refractivity (Wildman–Crippen MR) is 135 cm³/mol. The van der Waals surface area contributed by atoms with Gasteiger partial charge in [-0.25, -0.2) is 4.89 Å². The Bertz CT molecular complexity index is 545. The molecule has 2 aliphatic rings. The van der Waals surface area contributed by atoms with E-state index in [4.69, 9.17) is 14.7 Å². The lowest BCUT2D eigenvalue weighted by molar-refractivity contribution is -0.289. The molecule has 0 aromatic heterocycles. The lowest BCUT2D eigenvalue weighted by Gasteiger charge is -2.31. The predicted octanol–water partition coefficient (Wildman–Crippen LogP) is 6.11. The van der Waals surface area contributed by atoms with Crippen LogP contribution in [0.2, 0.25) is 0 Å². The van der Waals surface area contributed by atoms with Crippen molar-refractivity contribution in [3.05, 3.63) is 12.2 Å². The van der Waals surface area contributed by atoms with Gasteiger partial charge in [-0.05, 0) is 68.6 Å². The number of aliphatic hydroxyl groups excluding tert-OH is 2. The Morgan fingerprint density at radius 1 is 1.00 bits per heavy atom. The third kappa shape index (κ3) is 9.51. The smallest absolute Gasteiger partial charge is 0.168 e. The van der Waals surface area contributed by atoms with Crippen molar-refractivity contribution in [3.8, 4) is 0 Å². The van der Waals surface area contributed by atoms with Crippen molar-refractivity contribution >= 4 is 0 Å². The summed E-state index contributed by atoms with van der Waals surface area (Å²) < 4.78 is 12.2. The Morgan fingerprint density at radius 3 is 2.38 bits per heavy atom. The van der Waals surface area contributed by atoms with E-state index in [0.717, 1.165) is 51.4 Å². The van der Waals surface area contributed by atoms with Crippen LogP contribution >= 0.6 is 0 Å². The number of aliphatic hydroxyl groups is 2. The number of unbranched alkanes of at least 4 members (excludes halogenated alkanes) is 5. The molecule has 1 aliphatic heterocycles. The average Bonchev–Trinajstić information content (AvgIpc) is 3.41. The molecule has 3 N–H and O–H groups in total. The van der Waals surface area contributed by atoms with Crippen molar-refractivity contribution in [1.29, 1.82) is 0 Å². The van der Waals surface area contributed by atoms with E-state index in [1.807, 2.05) is 13.8 Å². The van der Waals surface area contributed by atoms with Gasteiger partial charge in [0.15, 0.2) is 5.79 Å². The van der Waals surface area contributed by atoms with Crippen molar-refractivity contribution in [3.63, 3.8) is 0 Å². The zero-order valence-corrected chi connectivity index (χ0v) is 22.0. The number of ether oxygens (including phenoxy) is 2. The highest BCUT2D eigenvalue weighted by Crippen LogP contribution is 2.44. The number of hydrogen-bond acceptors (Lipinski definition) is 6. The summed E-state index contributed by atoms with van der Waals surface area (Å²) in [6, 6.07) is 0. The van der Waals surface area contributed by atoms with Crippen LogP contribution in [0, 0.1) is 23.7 Å². The van der Waals surface area contributed by atoms with Gasteiger partial charge in [-0.3, -0.25) is 5.26 Å². The molecule has 6 nitrogen and oxygen atoms in total. The Hall–Kier alpha value is -0.500. The van der Waals surface area contributed by atoms with Gasteiger partial charge < -0.3 is 19.7 Å². The van der Waals surface area contributed by atoms with Gasteiger partial charge in [0.05, 0.1) is 25.4 Å². The highest BCUT2D eigenvalue weighted by molar-refractivity contribution is 4.96. The fourth-order valence-corrected chi connectivity index (χ4v) is 5.90. The molecule has 2 rings (SSSR count).